The van der Waals surface area contributed by atoms with E-state index >= 15 is 0 Å². The van der Waals surface area contributed by atoms with Crippen molar-refractivity contribution >= 4 is 16.6 Å². The van der Waals surface area contributed by atoms with E-state index in [0.29, 0.717) is 5.56 Å². The number of fused-ring (bicyclic) bond motifs is 1. The fraction of sp³-hybridized carbons (Fsp3) is 0.318. The van der Waals surface area contributed by atoms with Gasteiger partial charge in [0.25, 0.3) is 0 Å². The SMILES string of the molecule is Cc1cc(N2CCCCC2)c2c(-c3cccc(C(F)(F)F)c3)cccc2n1. The maximum absolute atomic E-state index is 13.2. The highest BCUT2D eigenvalue weighted by Crippen LogP contribution is 2.38. The summed E-state index contributed by atoms with van der Waals surface area (Å²) >= 11 is 0. The molecule has 3 aromatic rings. The van der Waals surface area contributed by atoms with Crippen LogP contribution in [0.15, 0.2) is 48.5 Å². The van der Waals surface area contributed by atoms with Crippen LogP contribution in [0, 0.1) is 6.92 Å². The number of anilines is 1. The minimum atomic E-state index is -4.36. The molecule has 1 fully saturated rings. The van der Waals surface area contributed by atoms with Gasteiger partial charge in [-0.05, 0) is 61.6 Å². The van der Waals surface area contributed by atoms with Gasteiger partial charge in [0.2, 0.25) is 0 Å². The molecule has 27 heavy (non-hydrogen) atoms. The van der Waals surface area contributed by atoms with Crippen molar-refractivity contribution in [3.63, 3.8) is 0 Å². The maximum atomic E-state index is 13.2. The van der Waals surface area contributed by atoms with E-state index in [1.807, 2.05) is 25.1 Å². The zero-order valence-electron chi connectivity index (χ0n) is 15.2. The monoisotopic (exact) mass is 370 g/mol. The van der Waals surface area contributed by atoms with E-state index in [9.17, 15) is 13.2 Å². The number of nitrogens with zero attached hydrogens (tertiary/aromatic N) is 2. The number of piperidine rings is 1. The number of aryl methyl sites for hydroxylation is 1. The lowest BCUT2D eigenvalue weighted by Crippen LogP contribution is -2.29. The van der Waals surface area contributed by atoms with Gasteiger partial charge in [-0.3, -0.25) is 4.98 Å². The summed E-state index contributed by atoms with van der Waals surface area (Å²) in [6.45, 7) is 3.90. The van der Waals surface area contributed by atoms with E-state index in [0.717, 1.165) is 59.8 Å². The topological polar surface area (TPSA) is 16.1 Å². The first-order chi connectivity index (χ1) is 12.9. The summed E-state index contributed by atoms with van der Waals surface area (Å²) in [6, 6.07) is 13.3. The van der Waals surface area contributed by atoms with Gasteiger partial charge in [-0.1, -0.05) is 24.3 Å². The summed E-state index contributed by atoms with van der Waals surface area (Å²) in [5.41, 5.74) is 3.56. The highest BCUT2D eigenvalue weighted by molar-refractivity contribution is 6.03. The van der Waals surface area contributed by atoms with Crippen LogP contribution in [0.2, 0.25) is 0 Å². The Morgan fingerprint density at radius 2 is 1.67 bits per heavy atom. The van der Waals surface area contributed by atoms with Gasteiger partial charge >= 0.3 is 6.18 Å². The Morgan fingerprint density at radius 1 is 0.926 bits per heavy atom. The van der Waals surface area contributed by atoms with Crippen LogP contribution >= 0.6 is 0 Å². The summed E-state index contributed by atoms with van der Waals surface area (Å²) < 4.78 is 39.6. The molecule has 2 nitrogen and oxygen atoms in total. The van der Waals surface area contributed by atoms with Crippen LogP contribution in [-0.2, 0) is 6.18 Å². The van der Waals surface area contributed by atoms with Crippen molar-refractivity contribution in [1.29, 1.82) is 0 Å². The Kier molecular flexibility index (Phi) is 4.54. The molecule has 0 bridgehead atoms. The predicted molar refractivity (Wildman–Crippen MR) is 103 cm³/mol. The maximum Gasteiger partial charge on any atom is 0.416 e. The highest BCUT2D eigenvalue weighted by atomic mass is 19.4. The summed E-state index contributed by atoms with van der Waals surface area (Å²) in [5, 5.41) is 0.935. The molecule has 0 radical (unpaired) electrons. The van der Waals surface area contributed by atoms with Crippen molar-refractivity contribution in [1.82, 2.24) is 4.98 Å². The van der Waals surface area contributed by atoms with Crippen molar-refractivity contribution < 1.29 is 13.2 Å². The number of alkyl halides is 3. The Morgan fingerprint density at radius 3 is 2.41 bits per heavy atom. The van der Waals surface area contributed by atoms with Crippen LogP contribution in [0.25, 0.3) is 22.0 Å². The highest BCUT2D eigenvalue weighted by Gasteiger charge is 2.30. The van der Waals surface area contributed by atoms with Crippen LogP contribution in [0.5, 0.6) is 0 Å². The van der Waals surface area contributed by atoms with Crippen LogP contribution < -0.4 is 4.90 Å². The van der Waals surface area contributed by atoms with Crippen molar-refractivity contribution in [2.75, 3.05) is 18.0 Å². The van der Waals surface area contributed by atoms with E-state index in [1.54, 1.807) is 6.07 Å². The van der Waals surface area contributed by atoms with Gasteiger partial charge in [0.1, 0.15) is 0 Å². The number of rotatable bonds is 2. The first-order valence-corrected chi connectivity index (χ1v) is 9.26. The molecular weight excluding hydrogens is 349 g/mol. The molecule has 0 saturated carbocycles. The molecule has 1 saturated heterocycles. The number of halogens is 3. The number of benzene rings is 2. The molecule has 1 aromatic heterocycles. The Bertz CT molecular complexity index is 973. The zero-order chi connectivity index (χ0) is 19.0. The second-order valence-corrected chi connectivity index (χ2v) is 7.11. The normalized spacial score (nSPS) is 15.3. The Balaban J connectivity index is 1.94. The van der Waals surface area contributed by atoms with E-state index in [1.165, 1.54) is 18.6 Å². The fourth-order valence-electron chi connectivity index (χ4n) is 3.88. The van der Waals surface area contributed by atoms with Crippen molar-refractivity contribution in [2.24, 2.45) is 0 Å². The molecule has 0 atom stereocenters. The average molecular weight is 370 g/mol. The largest absolute Gasteiger partial charge is 0.416 e. The molecule has 1 aliphatic heterocycles. The van der Waals surface area contributed by atoms with Crippen molar-refractivity contribution in [2.45, 2.75) is 32.4 Å². The van der Waals surface area contributed by atoms with E-state index in [2.05, 4.69) is 16.0 Å². The summed E-state index contributed by atoms with van der Waals surface area (Å²) in [4.78, 5) is 6.98. The van der Waals surface area contributed by atoms with Gasteiger partial charge in [-0.15, -0.1) is 0 Å². The number of hydrogen-bond donors (Lipinski definition) is 0. The van der Waals surface area contributed by atoms with E-state index in [-0.39, 0.29) is 0 Å². The van der Waals surface area contributed by atoms with Crippen LogP contribution in [0.1, 0.15) is 30.5 Å². The molecular formula is C22H21F3N2. The summed E-state index contributed by atoms with van der Waals surface area (Å²) in [5.74, 6) is 0. The Labute approximate surface area is 156 Å². The lowest BCUT2D eigenvalue weighted by Gasteiger charge is -2.30. The van der Waals surface area contributed by atoms with Crippen LogP contribution in [-0.4, -0.2) is 18.1 Å². The fourth-order valence-corrected chi connectivity index (χ4v) is 3.88. The van der Waals surface area contributed by atoms with Gasteiger partial charge < -0.3 is 4.90 Å². The van der Waals surface area contributed by atoms with Gasteiger partial charge in [0.05, 0.1) is 11.1 Å². The molecule has 4 rings (SSSR count). The van der Waals surface area contributed by atoms with Crippen molar-refractivity contribution in [3.05, 3.63) is 59.8 Å². The lowest BCUT2D eigenvalue weighted by atomic mass is 9.96. The molecule has 0 amide bonds. The third-order valence-electron chi connectivity index (χ3n) is 5.14. The van der Waals surface area contributed by atoms with E-state index in [4.69, 9.17) is 0 Å². The first-order valence-electron chi connectivity index (χ1n) is 9.26. The predicted octanol–water partition coefficient (Wildman–Crippen LogP) is 6.22. The molecule has 0 spiro atoms. The standard InChI is InChI=1S/C22H21F3N2/c1-15-13-20(27-11-3-2-4-12-27)21-18(9-6-10-19(21)26-15)16-7-5-8-17(14-16)22(23,24)25/h5-10,13-14H,2-4,11-12H2,1H3. The van der Waals surface area contributed by atoms with Gasteiger partial charge in [-0.25, -0.2) is 0 Å². The smallest absolute Gasteiger partial charge is 0.371 e. The molecule has 2 heterocycles. The quantitative estimate of drug-likeness (QED) is 0.532. The second-order valence-electron chi connectivity index (χ2n) is 7.11. The molecule has 0 unspecified atom stereocenters. The van der Waals surface area contributed by atoms with Gasteiger partial charge in [0.15, 0.2) is 0 Å². The van der Waals surface area contributed by atoms with Gasteiger partial charge in [-0.2, -0.15) is 13.2 Å². The number of aromatic nitrogens is 1. The molecule has 5 heteroatoms. The van der Waals surface area contributed by atoms with Crippen LogP contribution in [0.4, 0.5) is 18.9 Å². The Hall–Kier alpha value is -2.56. The molecule has 140 valence electrons. The van der Waals surface area contributed by atoms with Crippen molar-refractivity contribution in [3.8, 4) is 11.1 Å². The summed E-state index contributed by atoms with van der Waals surface area (Å²) in [7, 11) is 0. The van der Waals surface area contributed by atoms with Gasteiger partial charge in [0, 0.05) is 29.9 Å². The average Bonchev–Trinajstić information content (AvgIpc) is 2.67. The molecule has 1 aliphatic rings. The number of hydrogen-bond acceptors (Lipinski definition) is 2. The first kappa shape index (κ1) is 17.8. The number of pyridine rings is 1. The minimum absolute atomic E-state index is 0.569. The molecule has 2 aromatic carbocycles. The second kappa shape index (κ2) is 6.87. The van der Waals surface area contributed by atoms with E-state index < -0.39 is 11.7 Å². The molecule has 0 N–H and O–H groups in total. The third kappa shape index (κ3) is 3.51. The lowest BCUT2D eigenvalue weighted by molar-refractivity contribution is -0.137. The summed E-state index contributed by atoms with van der Waals surface area (Å²) in [6.07, 6.45) is -0.868. The van der Waals surface area contributed by atoms with Crippen LogP contribution in [0.3, 0.4) is 0 Å². The third-order valence-corrected chi connectivity index (χ3v) is 5.14. The zero-order valence-corrected chi connectivity index (χ0v) is 15.2. The minimum Gasteiger partial charge on any atom is -0.371 e. The molecule has 0 aliphatic carbocycles.